The number of halogens is 1. The van der Waals surface area contributed by atoms with E-state index in [9.17, 15) is 14.0 Å². The van der Waals surface area contributed by atoms with Crippen molar-refractivity contribution in [1.29, 1.82) is 0 Å². The number of aryl methyl sites for hydroxylation is 2. The maximum absolute atomic E-state index is 13.0. The number of hydrogen-bond donors (Lipinski definition) is 0. The molecule has 0 aliphatic heterocycles. The van der Waals surface area contributed by atoms with Gasteiger partial charge in [-0.05, 0) is 91.9 Å². The van der Waals surface area contributed by atoms with E-state index in [-0.39, 0.29) is 17.4 Å². The summed E-state index contributed by atoms with van der Waals surface area (Å²) in [6.07, 6.45) is 2.61. The third-order valence-electron chi connectivity index (χ3n) is 5.29. The maximum Gasteiger partial charge on any atom is 0.203 e. The highest BCUT2D eigenvalue weighted by Crippen LogP contribution is 2.24. The SMILES string of the molecule is C[C@H](Oc1ccc(C(=O)c2ccc(F)cc2)cc1)C(=O)c1ccc2c(c1)CCC2. The van der Waals surface area contributed by atoms with Crippen LogP contribution >= 0.6 is 0 Å². The second-order valence-corrected chi connectivity index (χ2v) is 7.32. The van der Waals surface area contributed by atoms with E-state index in [4.69, 9.17) is 4.74 Å². The molecule has 3 nitrogen and oxygen atoms in total. The first kappa shape index (κ1) is 19.1. The molecule has 3 aromatic rings. The van der Waals surface area contributed by atoms with E-state index >= 15 is 0 Å². The molecular formula is C25H21FO3. The van der Waals surface area contributed by atoms with E-state index in [0.29, 0.717) is 22.4 Å². The first-order valence-corrected chi connectivity index (χ1v) is 9.74. The molecule has 4 heteroatoms. The van der Waals surface area contributed by atoms with Gasteiger partial charge in [-0.25, -0.2) is 4.39 Å². The van der Waals surface area contributed by atoms with Crippen LogP contribution in [-0.2, 0) is 12.8 Å². The second-order valence-electron chi connectivity index (χ2n) is 7.32. The molecule has 1 atom stereocenters. The van der Waals surface area contributed by atoms with Crippen molar-refractivity contribution in [2.24, 2.45) is 0 Å². The van der Waals surface area contributed by atoms with Gasteiger partial charge >= 0.3 is 0 Å². The summed E-state index contributed by atoms with van der Waals surface area (Å²) >= 11 is 0. The minimum atomic E-state index is -0.631. The van der Waals surface area contributed by atoms with Crippen LogP contribution in [-0.4, -0.2) is 17.7 Å². The monoisotopic (exact) mass is 388 g/mol. The van der Waals surface area contributed by atoms with Gasteiger partial charge < -0.3 is 4.74 Å². The average Bonchev–Trinajstić information content (AvgIpc) is 3.21. The molecule has 1 aliphatic carbocycles. The van der Waals surface area contributed by atoms with Gasteiger partial charge in [0.05, 0.1) is 0 Å². The maximum atomic E-state index is 13.0. The Balaban J connectivity index is 1.43. The molecule has 3 aromatic carbocycles. The van der Waals surface area contributed by atoms with Crippen molar-refractivity contribution in [1.82, 2.24) is 0 Å². The summed E-state index contributed by atoms with van der Waals surface area (Å²) in [5.74, 6) is -0.125. The Morgan fingerprint density at radius 2 is 1.41 bits per heavy atom. The molecule has 29 heavy (non-hydrogen) atoms. The van der Waals surface area contributed by atoms with Crippen LogP contribution in [0.3, 0.4) is 0 Å². The number of benzene rings is 3. The van der Waals surface area contributed by atoms with Crippen LogP contribution in [0.25, 0.3) is 0 Å². The number of Topliss-reactive ketones (excluding diaryl/α,β-unsaturated/α-hetero) is 1. The lowest BCUT2D eigenvalue weighted by molar-refractivity contribution is 0.0817. The van der Waals surface area contributed by atoms with Gasteiger partial charge in [0.1, 0.15) is 11.6 Å². The fourth-order valence-electron chi connectivity index (χ4n) is 3.67. The third kappa shape index (κ3) is 4.11. The Hall–Kier alpha value is -3.27. The zero-order chi connectivity index (χ0) is 20.4. The van der Waals surface area contributed by atoms with Crippen molar-refractivity contribution in [3.63, 3.8) is 0 Å². The van der Waals surface area contributed by atoms with Crippen LogP contribution in [0.2, 0.25) is 0 Å². The van der Waals surface area contributed by atoms with Gasteiger partial charge in [0.25, 0.3) is 0 Å². The molecule has 0 unspecified atom stereocenters. The molecule has 0 saturated carbocycles. The molecule has 0 aromatic heterocycles. The van der Waals surface area contributed by atoms with E-state index in [1.54, 1.807) is 31.2 Å². The van der Waals surface area contributed by atoms with E-state index < -0.39 is 6.10 Å². The smallest absolute Gasteiger partial charge is 0.203 e. The highest BCUT2D eigenvalue weighted by atomic mass is 19.1. The Kier molecular flexibility index (Phi) is 5.26. The molecule has 0 N–H and O–H groups in total. The van der Waals surface area contributed by atoms with Gasteiger partial charge in [-0.1, -0.05) is 12.1 Å². The van der Waals surface area contributed by atoms with Crippen LogP contribution in [0, 0.1) is 5.82 Å². The van der Waals surface area contributed by atoms with Crippen molar-refractivity contribution in [3.05, 3.63) is 100 Å². The summed E-state index contributed by atoms with van der Waals surface area (Å²) in [4.78, 5) is 25.2. The molecular weight excluding hydrogens is 367 g/mol. The van der Waals surface area contributed by atoms with Crippen molar-refractivity contribution < 1.29 is 18.7 Å². The number of ketones is 2. The minimum absolute atomic E-state index is 0.0637. The van der Waals surface area contributed by atoms with Crippen LogP contribution in [0.15, 0.2) is 66.7 Å². The molecule has 0 radical (unpaired) electrons. The predicted molar refractivity (Wildman–Crippen MR) is 109 cm³/mol. The molecule has 0 spiro atoms. The first-order valence-electron chi connectivity index (χ1n) is 9.74. The zero-order valence-corrected chi connectivity index (χ0v) is 16.2. The zero-order valence-electron chi connectivity index (χ0n) is 16.2. The normalized spacial score (nSPS) is 13.6. The lowest BCUT2D eigenvalue weighted by Crippen LogP contribution is -2.24. The van der Waals surface area contributed by atoms with Gasteiger partial charge in [-0.15, -0.1) is 0 Å². The topological polar surface area (TPSA) is 43.4 Å². The van der Waals surface area contributed by atoms with Crippen molar-refractivity contribution in [3.8, 4) is 5.75 Å². The quantitative estimate of drug-likeness (QED) is 0.546. The van der Waals surface area contributed by atoms with E-state index in [1.807, 2.05) is 18.2 Å². The highest BCUT2D eigenvalue weighted by molar-refractivity contribution is 6.09. The fourth-order valence-corrected chi connectivity index (χ4v) is 3.67. The number of hydrogen-bond acceptors (Lipinski definition) is 3. The van der Waals surface area contributed by atoms with Gasteiger partial charge in [-0.2, -0.15) is 0 Å². The number of carbonyl (C=O) groups excluding carboxylic acids is 2. The summed E-state index contributed by atoms with van der Waals surface area (Å²) in [7, 11) is 0. The molecule has 1 aliphatic rings. The van der Waals surface area contributed by atoms with Crippen LogP contribution < -0.4 is 4.74 Å². The summed E-state index contributed by atoms with van der Waals surface area (Å²) in [5, 5.41) is 0. The van der Waals surface area contributed by atoms with Crippen molar-refractivity contribution in [2.45, 2.75) is 32.3 Å². The Labute approximate surface area is 169 Å². The predicted octanol–water partition coefficient (Wildman–Crippen LogP) is 5.20. The third-order valence-corrected chi connectivity index (χ3v) is 5.29. The fraction of sp³-hybridized carbons (Fsp3) is 0.200. The molecule has 0 amide bonds. The van der Waals surface area contributed by atoms with Gasteiger partial charge in [0.15, 0.2) is 11.9 Å². The largest absolute Gasteiger partial charge is 0.483 e. The van der Waals surface area contributed by atoms with Gasteiger partial charge in [0, 0.05) is 16.7 Å². The van der Waals surface area contributed by atoms with Gasteiger partial charge in [0.2, 0.25) is 5.78 Å². The summed E-state index contributed by atoms with van der Waals surface area (Å²) in [5.41, 5.74) is 4.14. The van der Waals surface area contributed by atoms with Crippen molar-refractivity contribution in [2.75, 3.05) is 0 Å². The lowest BCUT2D eigenvalue weighted by atomic mass is 10.0. The van der Waals surface area contributed by atoms with Crippen LogP contribution in [0.5, 0.6) is 5.75 Å². The lowest BCUT2D eigenvalue weighted by Gasteiger charge is -2.15. The molecule has 0 fully saturated rings. The Morgan fingerprint density at radius 3 is 2.10 bits per heavy atom. The highest BCUT2D eigenvalue weighted by Gasteiger charge is 2.20. The van der Waals surface area contributed by atoms with E-state index in [2.05, 4.69) is 0 Å². The summed E-state index contributed by atoms with van der Waals surface area (Å²) < 4.78 is 18.8. The first-order chi connectivity index (χ1) is 14.0. The minimum Gasteiger partial charge on any atom is -0.483 e. The van der Waals surface area contributed by atoms with Gasteiger partial charge in [-0.3, -0.25) is 9.59 Å². The number of rotatable bonds is 6. The number of ether oxygens (including phenoxy) is 1. The standard InChI is InChI=1S/C25H21FO3/c1-16(24(27)21-6-5-17-3-2-4-20(17)15-21)29-23-13-9-19(10-14-23)25(28)18-7-11-22(26)12-8-18/h5-16H,2-4H2,1H3/t16-/m0/s1. The van der Waals surface area contributed by atoms with Crippen LogP contribution in [0.4, 0.5) is 4.39 Å². The second kappa shape index (κ2) is 8.00. The summed E-state index contributed by atoms with van der Waals surface area (Å²) in [6.45, 7) is 1.73. The van der Waals surface area contributed by atoms with E-state index in [0.717, 1.165) is 19.3 Å². The average molecular weight is 388 g/mol. The number of carbonyl (C=O) groups is 2. The molecule has 4 rings (SSSR count). The molecule has 0 heterocycles. The Bertz CT molecular complexity index is 1050. The summed E-state index contributed by atoms with van der Waals surface area (Å²) in [6, 6.07) is 18.0. The van der Waals surface area contributed by atoms with Crippen molar-refractivity contribution >= 4 is 11.6 Å². The van der Waals surface area contributed by atoms with Crippen LogP contribution in [0.1, 0.15) is 50.8 Å². The Morgan fingerprint density at radius 1 is 0.828 bits per heavy atom. The number of fused-ring (bicyclic) bond motifs is 1. The molecule has 146 valence electrons. The molecule has 0 saturated heterocycles. The van der Waals surface area contributed by atoms with E-state index in [1.165, 1.54) is 35.4 Å². The molecule has 0 bridgehead atoms.